The molecule has 1 N–H and O–H groups in total. The van der Waals surface area contributed by atoms with E-state index in [2.05, 4.69) is 62.4 Å². The first-order chi connectivity index (χ1) is 10.3. The van der Waals surface area contributed by atoms with Crippen LogP contribution in [-0.2, 0) is 9.31 Å². The maximum absolute atomic E-state index is 6.10. The van der Waals surface area contributed by atoms with Crippen molar-refractivity contribution in [3.8, 4) is 0 Å². The van der Waals surface area contributed by atoms with Gasteiger partial charge in [-0.1, -0.05) is 6.08 Å². The smallest absolute Gasteiger partial charge is 0.400 e. The molecule has 0 unspecified atom stereocenters. The van der Waals surface area contributed by atoms with Gasteiger partial charge < -0.3 is 14.3 Å². The normalized spacial score (nSPS) is 20.8. The molecule has 116 valence electrons. The molecule has 0 spiro atoms. The molecule has 0 amide bonds. The summed E-state index contributed by atoms with van der Waals surface area (Å²) in [6.07, 6.45) is 5.78. The Kier molecular flexibility index (Phi) is 3.87. The fraction of sp³-hybridized carbons (Fsp3) is 0.438. The Labute approximate surface area is 136 Å². The van der Waals surface area contributed by atoms with Crippen molar-refractivity contribution in [2.75, 3.05) is 5.75 Å². The summed E-state index contributed by atoms with van der Waals surface area (Å²) < 4.78 is 12.2. The SMILES string of the molecule is CC1(C)OB(C(=Cc2cnc3[nH]ccc3c2)CS)OC1(C)C. The van der Waals surface area contributed by atoms with E-state index in [-0.39, 0.29) is 18.3 Å². The first-order valence-electron chi connectivity index (χ1n) is 7.42. The predicted molar refractivity (Wildman–Crippen MR) is 94.0 cm³/mol. The maximum atomic E-state index is 6.10. The molecule has 0 atom stereocenters. The van der Waals surface area contributed by atoms with E-state index in [1.807, 2.05) is 18.5 Å². The van der Waals surface area contributed by atoms with Gasteiger partial charge in [0.15, 0.2) is 0 Å². The molecule has 2 aromatic rings. The highest BCUT2D eigenvalue weighted by atomic mass is 32.1. The topological polar surface area (TPSA) is 47.1 Å². The number of pyridine rings is 1. The van der Waals surface area contributed by atoms with Crippen LogP contribution < -0.4 is 0 Å². The third kappa shape index (κ3) is 2.71. The highest BCUT2D eigenvalue weighted by Crippen LogP contribution is 2.39. The van der Waals surface area contributed by atoms with E-state index < -0.39 is 0 Å². The van der Waals surface area contributed by atoms with Gasteiger partial charge in [0.2, 0.25) is 0 Å². The Balaban J connectivity index is 1.90. The second kappa shape index (κ2) is 5.44. The molecule has 1 aliphatic heterocycles. The number of rotatable bonds is 3. The minimum absolute atomic E-state index is 0.345. The van der Waals surface area contributed by atoms with Gasteiger partial charge in [0.25, 0.3) is 0 Å². The molecule has 2 aromatic heterocycles. The second-order valence-electron chi connectivity index (χ2n) is 6.65. The molecule has 4 nitrogen and oxygen atoms in total. The number of nitrogens with one attached hydrogen (secondary N) is 1. The summed E-state index contributed by atoms with van der Waals surface area (Å²) in [5.41, 5.74) is 2.22. The molecule has 1 aliphatic rings. The third-order valence-electron chi connectivity index (χ3n) is 4.51. The van der Waals surface area contributed by atoms with Gasteiger partial charge in [0, 0.05) is 23.5 Å². The molecule has 0 radical (unpaired) electrons. The van der Waals surface area contributed by atoms with Crippen LogP contribution in [0.4, 0.5) is 0 Å². The molecule has 0 aromatic carbocycles. The highest BCUT2D eigenvalue weighted by Gasteiger charge is 2.52. The summed E-state index contributed by atoms with van der Waals surface area (Å²) in [6, 6.07) is 4.10. The summed E-state index contributed by atoms with van der Waals surface area (Å²) in [6.45, 7) is 8.21. The number of hydrogen-bond acceptors (Lipinski definition) is 4. The van der Waals surface area contributed by atoms with Crippen LogP contribution in [-0.4, -0.2) is 34.0 Å². The number of thiol groups is 1. The molecule has 3 heterocycles. The second-order valence-corrected chi connectivity index (χ2v) is 6.97. The van der Waals surface area contributed by atoms with Gasteiger partial charge in [-0.3, -0.25) is 0 Å². The van der Waals surface area contributed by atoms with Crippen molar-refractivity contribution in [1.29, 1.82) is 0 Å². The van der Waals surface area contributed by atoms with Crippen molar-refractivity contribution >= 4 is 36.9 Å². The van der Waals surface area contributed by atoms with E-state index >= 15 is 0 Å². The fourth-order valence-electron chi connectivity index (χ4n) is 2.43. The number of H-pyrrole nitrogens is 1. The van der Waals surface area contributed by atoms with E-state index in [0.29, 0.717) is 5.75 Å². The average molecular weight is 316 g/mol. The lowest BCUT2D eigenvalue weighted by Gasteiger charge is -2.32. The van der Waals surface area contributed by atoms with Crippen molar-refractivity contribution in [3.63, 3.8) is 0 Å². The van der Waals surface area contributed by atoms with Crippen molar-refractivity contribution in [1.82, 2.24) is 9.97 Å². The summed E-state index contributed by atoms with van der Waals surface area (Å²) in [4.78, 5) is 7.50. The number of aromatic amines is 1. The molecular formula is C16H21BN2O2S. The largest absolute Gasteiger partial charge is 0.491 e. The van der Waals surface area contributed by atoms with E-state index in [1.54, 1.807) is 0 Å². The number of nitrogens with zero attached hydrogens (tertiary/aromatic N) is 1. The molecular weight excluding hydrogens is 295 g/mol. The van der Waals surface area contributed by atoms with Crippen LogP contribution >= 0.6 is 12.6 Å². The summed E-state index contributed by atoms with van der Waals surface area (Å²) >= 11 is 4.44. The van der Waals surface area contributed by atoms with Gasteiger partial charge in [-0.25, -0.2) is 4.98 Å². The molecule has 22 heavy (non-hydrogen) atoms. The van der Waals surface area contributed by atoms with Crippen LogP contribution in [0.5, 0.6) is 0 Å². The minimum atomic E-state index is -0.371. The highest BCUT2D eigenvalue weighted by molar-refractivity contribution is 7.80. The van der Waals surface area contributed by atoms with E-state index in [9.17, 15) is 0 Å². The van der Waals surface area contributed by atoms with Gasteiger partial charge in [0.1, 0.15) is 5.65 Å². The first kappa shape index (κ1) is 15.7. The molecule has 0 aliphatic carbocycles. The van der Waals surface area contributed by atoms with Gasteiger partial charge >= 0.3 is 7.12 Å². The Morgan fingerprint density at radius 3 is 2.64 bits per heavy atom. The number of aromatic nitrogens is 2. The quantitative estimate of drug-likeness (QED) is 0.673. The number of hydrogen-bond donors (Lipinski definition) is 2. The third-order valence-corrected chi connectivity index (χ3v) is 4.88. The molecule has 0 saturated carbocycles. The molecule has 6 heteroatoms. The fourth-order valence-corrected chi connectivity index (χ4v) is 2.67. The zero-order valence-electron chi connectivity index (χ0n) is 13.4. The van der Waals surface area contributed by atoms with Crippen LogP contribution in [0.2, 0.25) is 0 Å². The minimum Gasteiger partial charge on any atom is -0.400 e. The Hall–Kier alpha value is -1.24. The van der Waals surface area contributed by atoms with Crippen molar-refractivity contribution < 1.29 is 9.31 Å². The van der Waals surface area contributed by atoms with Gasteiger partial charge in [0.05, 0.1) is 11.2 Å². The average Bonchev–Trinajstić information content (AvgIpc) is 2.98. The van der Waals surface area contributed by atoms with Gasteiger partial charge in [-0.2, -0.15) is 12.6 Å². The molecule has 1 fully saturated rings. The van der Waals surface area contributed by atoms with E-state index in [1.165, 1.54) is 0 Å². The number of fused-ring (bicyclic) bond motifs is 1. The Morgan fingerprint density at radius 1 is 1.32 bits per heavy atom. The lowest BCUT2D eigenvalue weighted by Crippen LogP contribution is -2.41. The van der Waals surface area contributed by atoms with Crippen LogP contribution in [0.3, 0.4) is 0 Å². The van der Waals surface area contributed by atoms with Crippen molar-refractivity contribution in [2.45, 2.75) is 38.9 Å². The maximum Gasteiger partial charge on any atom is 0.491 e. The van der Waals surface area contributed by atoms with Gasteiger partial charge in [-0.05, 0) is 50.9 Å². The molecule has 0 bridgehead atoms. The lowest BCUT2D eigenvalue weighted by atomic mass is 9.78. The lowest BCUT2D eigenvalue weighted by molar-refractivity contribution is 0.00578. The van der Waals surface area contributed by atoms with Crippen LogP contribution in [0.1, 0.15) is 33.3 Å². The van der Waals surface area contributed by atoms with Gasteiger partial charge in [-0.15, -0.1) is 0 Å². The first-order valence-corrected chi connectivity index (χ1v) is 8.06. The Bertz CT molecular complexity index is 708. The zero-order valence-corrected chi connectivity index (χ0v) is 14.3. The van der Waals surface area contributed by atoms with Crippen LogP contribution in [0, 0.1) is 0 Å². The summed E-state index contributed by atoms with van der Waals surface area (Å²) in [5.74, 6) is 0.571. The van der Waals surface area contributed by atoms with Crippen LogP contribution in [0.15, 0.2) is 30.0 Å². The molecule has 3 rings (SSSR count). The van der Waals surface area contributed by atoms with E-state index in [0.717, 1.165) is 22.1 Å². The zero-order chi connectivity index (χ0) is 16.0. The van der Waals surface area contributed by atoms with Crippen LogP contribution in [0.25, 0.3) is 17.1 Å². The Morgan fingerprint density at radius 2 is 2.00 bits per heavy atom. The summed E-state index contributed by atoms with van der Waals surface area (Å²) in [5, 5.41) is 1.08. The van der Waals surface area contributed by atoms with Crippen molar-refractivity contribution in [3.05, 3.63) is 35.6 Å². The van der Waals surface area contributed by atoms with E-state index in [4.69, 9.17) is 9.31 Å². The molecule has 1 saturated heterocycles. The standard InChI is InChI=1S/C16H21BN2O2S/c1-15(2)16(3,4)21-17(20-15)13(10-22)8-11-7-12-5-6-18-14(12)19-9-11/h5-9,22H,10H2,1-4H3,(H,18,19). The monoisotopic (exact) mass is 316 g/mol. The summed E-state index contributed by atoms with van der Waals surface area (Å²) in [7, 11) is -0.371. The predicted octanol–water partition coefficient (Wildman–Crippen LogP) is 3.51. The van der Waals surface area contributed by atoms with Crippen molar-refractivity contribution in [2.24, 2.45) is 0 Å².